The number of amides is 1. The third kappa shape index (κ3) is 2.60. The summed E-state index contributed by atoms with van der Waals surface area (Å²) >= 11 is 3.29. The summed E-state index contributed by atoms with van der Waals surface area (Å²) in [5, 5.41) is 3.32. The number of rotatable bonds is 2. The van der Waals surface area contributed by atoms with Crippen molar-refractivity contribution in [3.8, 4) is 0 Å². The molecule has 0 fully saturated rings. The first-order valence-electron chi connectivity index (χ1n) is 7.57. The average Bonchev–Trinajstić information content (AvgIpc) is 3.04. The molecule has 1 aromatic carbocycles. The summed E-state index contributed by atoms with van der Waals surface area (Å²) in [6.07, 6.45) is 4.88. The minimum Gasteiger partial charge on any atom is -0.322 e. The fraction of sp³-hybridized carbons (Fsp3) is 0.176. The molecular formula is C17H13BrN4O2. The Kier molecular flexibility index (Phi) is 3.65. The molecule has 3 aromatic rings. The molecule has 1 N–H and O–H groups in total. The molecule has 3 heterocycles. The molecule has 0 radical (unpaired) electrons. The van der Waals surface area contributed by atoms with Crippen LogP contribution in [-0.2, 0) is 13.0 Å². The summed E-state index contributed by atoms with van der Waals surface area (Å²) < 4.78 is 2.44. The van der Waals surface area contributed by atoms with E-state index >= 15 is 0 Å². The van der Waals surface area contributed by atoms with Crippen molar-refractivity contribution in [2.24, 2.45) is 0 Å². The molecule has 0 aliphatic carbocycles. The lowest BCUT2D eigenvalue weighted by Gasteiger charge is -2.08. The molecule has 0 spiro atoms. The van der Waals surface area contributed by atoms with E-state index in [1.54, 1.807) is 35.0 Å². The van der Waals surface area contributed by atoms with Crippen molar-refractivity contribution in [2.75, 3.05) is 5.32 Å². The van der Waals surface area contributed by atoms with Crippen molar-refractivity contribution in [1.29, 1.82) is 0 Å². The highest BCUT2D eigenvalue weighted by Crippen LogP contribution is 2.19. The molecular weight excluding hydrogens is 372 g/mol. The Balaban J connectivity index is 1.70. The normalized spacial score (nSPS) is 13.0. The fourth-order valence-corrected chi connectivity index (χ4v) is 3.27. The topological polar surface area (TPSA) is 76.9 Å². The smallest absolute Gasteiger partial charge is 0.261 e. The van der Waals surface area contributed by atoms with E-state index in [0.717, 1.165) is 23.1 Å². The van der Waals surface area contributed by atoms with Crippen LogP contribution >= 0.6 is 15.9 Å². The van der Waals surface area contributed by atoms with Gasteiger partial charge in [-0.1, -0.05) is 0 Å². The Hall–Kier alpha value is -2.54. The lowest BCUT2D eigenvalue weighted by Crippen LogP contribution is -2.21. The molecule has 7 heteroatoms. The van der Waals surface area contributed by atoms with E-state index in [9.17, 15) is 9.59 Å². The highest BCUT2D eigenvalue weighted by molar-refractivity contribution is 9.10. The Morgan fingerprint density at radius 3 is 2.96 bits per heavy atom. The van der Waals surface area contributed by atoms with Crippen LogP contribution in [0.3, 0.4) is 0 Å². The van der Waals surface area contributed by atoms with E-state index in [2.05, 4.69) is 31.2 Å². The van der Waals surface area contributed by atoms with Crippen molar-refractivity contribution in [3.63, 3.8) is 0 Å². The van der Waals surface area contributed by atoms with Gasteiger partial charge in [-0.25, -0.2) is 4.98 Å². The monoisotopic (exact) mass is 384 g/mol. The molecule has 4 rings (SSSR count). The van der Waals surface area contributed by atoms with Crippen molar-refractivity contribution in [2.45, 2.75) is 19.4 Å². The molecule has 24 heavy (non-hydrogen) atoms. The van der Waals surface area contributed by atoms with E-state index in [4.69, 9.17) is 0 Å². The SMILES string of the molecule is O=C(Nc1ccc2nc3n(c(=O)c2c1)CCC3)c1cncc(Br)c1. The number of carbonyl (C=O) groups excluding carboxylic acids is 1. The van der Waals surface area contributed by atoms with Gasteiger partial charge < -0.3 is 5.32 Å². The number of aromatic nitrogens is 3. The molecule has 6 nitrogen and oxygen atoms in total. The number of nitrogens with zero attached hydrogens (tertiary/aromatic N) is 3. The van der Waals surface area contributed by atoms with Gasteiger partial charge in [0.05, 0.1) is 16.5 Å². The molecule has 1 amide bonds. The van der Waals surface area contributed by atoms with Gasteiger partial charge in [-0.05, 0) is 46.6 Å². The Labute approximate surface area is 145 Å². The zero-order valence-electron chi connectivity index (χ0n) is 12.6. The second-order valence-electron chi connectivity index (χ2n) is 5.67. The highest BCUT2D eigenvalue weighted by atomic mass is 79.9. The second kappa shape index (κ2) is 5.83. The molecule has 0 atom stereocenters. The predicted molar refractivity (Wildman–Crippen MR) is 94.2 cm³/mol. The maximum absolute atomic E-state index is 12.6. The van der Waals surface area contributed by atoms with Crippen LogP contribution in [0.2, 0.25) is 0 Å². The minimum absolute atomic E-state index is 0.0484. The Bertz CT molecular complexity index is 1030. The minimum atomic E-state index is -0.280. The average molecular weight is 385 g/mol. The van der Waals surface area contributed by atoms with Crippen LogP contribution < -0.4 is 10.9 Å². The van der Waals surface area contributed by atoms with Crippen LogP contribution in [-0.4, -0.2) is 20.4 Å². The van der Waals surface area contributed by atoms with Gasteiger partial charge in [-0.2, -0.15) is 0 Å². The van der Waals surface area contributed by atoms with Gasteiger partial charge in [0.1, 0.15) is 5.82 Å². The number of benzene rings is 1. The largest absolute Gasteiger partial charge is 0.322 e. The number of aryl methyl sites for hydroxylation is 1. The number of hydrogen-bond donors (Lipinski definition) is 1. The van der Waals surface area contributed by atoms with Gasteiger partial charge in [-0.3, -0.25) is 19.1 Å². The zero-order valence-corrected chi connectivity index (χ0v) is 14.2. The summed E-state index contributed by atoms with van der Waals surface area (Å²) in [5.41, 5.74) is 1.61. The van der Waals surface area contributed by atoms with Crippen molar-refractivity contribution < 1.29 is 4.79 Å². The lowest BCUT2D eigenvalue weighted by atomic mass is 10.2. The van der Waals surface area contributed by atoms with Gasteiger partial charge in [0, 0.05) is 35.5 Å². The summed E-state index contributed by atoms with van der Waals surface area (Å²) in [4.78, 5) is 33.4. The van der Waals surface area contributed by atoms with Crippen LogP contribution in [0.1, 0.15) is 22.6 Å². The van der Waals surface area contributed by atoms with E-state index in [0.29, 0.717) is 28.7 Å². The van der Waals surface area contributed by atoms with Gasteiger partial charge in [0.2, 0.25) is 0 Å². The zero-order chi connectivity index (χ0) is 16.7. The van der Waals surface area contributed by atoms with Gasteiger partial charge in [-0.15, -0.1) is 0 Å². The Morgan fingerprint density at radius 2 is 2.12 bits per heavy atom. The third-order valence-corrected chi connectivity index (χ3v) is 4.47. The van der Waals surface area contributed by atoms with Crippen LogP contribution in [0.15, 0.2) is 45.9 Å². The standard InChI is InChI=1S/C17H13BrN4O2/c18-11-6-10(8-19-9-11)16(23)20-12-3-4-14-13(7-12)17(24)22-5-1-2-15(22)21-14/h3-4,6-9H,1-2,5H2,(H,20,23). The van der Waals surface area contributed by atoms with Gasteiger partial charge in [0.15, 0.2) is 0 Å². The van der Waals surface area contributed by atoms with Crippen LogP contribution in [0, 0.1) is 0 Å². The first kappa shape index (κ1) is 15.0. The molecule has 0 saturated heterocycles. The lowest BCUT2D eigenvalue weighted by molar-refractivity contribution is 0.102. The van der Waals surface area contributed by atoms with Crippen molar-refractivity contribution in [3.05, 3.63) is 62.9 Å². The summed E-state index contributed by atoms with van der Waals surface area (Å²) in [5.74, 6) is 0.557. The van der Waals surface area contributed by atoms with Crippen molar-refractivity contribution >= 4 is 38.4 Å². The summed E-state index contributed by atoms with van der Waals surface area (Å²) in [6.45, 7) is 0.706. The van der Waals surface area contributed by atoms with Gasteiger partial charge >= 0.3 is 0 Å². The molecule has 120 valence electrons. The summed E-state index contributed by atoms with van der Waals surface area (Å²) in [7, 11) is 0. The van der Waals surface area contributed by atoms with E-state index < -0.39 is 0 Å². The molecule has 0 unspecified atom stereocenters. The Morgan fingerprint density at radius 1 is 1.25 bits per heavy atom. The molecule has 0 saturated carbocycles. The highest BCUT2D eigenvalue weighted by Gasteiger charge is 2.16. The van der Waals surface area contributed by atoms with Crippen LogP contribution in [0.25, 0.3) is 10.9 Å². The fourth-order valence-electron chi connectivity index (χ4n) is 2.90. The predicted octanol–water partition coefficient (Wildman–Crippen LogP) is 2.75. The number of halogens is 1. The molecule has 1 aliphatic rings. The van der Waals surface area contributed by atoms with Crippen LogP contribution in [0.4, 0.5) is 5.69 Å². The number of nitrogens with one attached hydrogen (secondary N) is 1. The maximum atomic E-state index is 12.6. The number of fused-ring (bicyclic) bond motifs is 2. The first-order chi connectivity index (χ1) is 11.6. The molecule has 1 aliphatic heterocycles. The first-order valence-corrected chi connectivity index (χ1v) is 8.36. The van der Waals surface area contributed by atoms with Gasteiger partial charge in [0.25, 0.3) is 11.5 Å². The number of hydrogen-bond acceptors (Lipinski definition) is 4. The molecule has 2 aromatic heterocycles. The van der Waals surface area contributed by atoms with E-state index in [1.165, 1.54) is 6.20 Å². The number of anilines is 1. The van der Waals surface area contributed by atoms with Crippen molar-refractivity contribution in [1.82, 2.24) is 14.5 Å². The molecule has 0 bridgehead atoms. The van der Waals surface area contributed by atoms with Crippen LogP contribution in [0.5, 0.6) is 0 Å². The van der Waals surface area contributed by atoms with E-state index in [-0.39, 0.29) is 11.5 Å². The quantitative estimate of drug-likeness (QED) is 0.736. The third-order valence-electron chi connectivity index (χ3n) is 4.04. The second-order valence-corrected chi connectivity index (χ2v) is 6.58. The van der Waals surface area contributed by atoms with E-state index in [1.807, 2.05) is 0 Å². The number of pyridine rings is 1. The maximum Gasteiger partial charge on any atom is 0.261 e. The number of carbonyl (C=O) groups is 1. The summed E-state index contributed by atoms with van der Waals surface area (Å²) in [6, 6.07) is 6.89.